The first-order valence-electron chi connectivity index (χ1n) is 6.70. The third-order valence-electron chi connectivity index (χ3n) is 3.33. The van der Waals surface area contributed by atoms with E-state index in [0.29, 0.717) is 0 Å². The van der Waals surface area contributed by atoms with Gasteiger partial charge in [0.05, 0.1) is 5.56 Å². The van der Waals surface area contributed by atoms with Gasteiger partial charge in [-0.25, -0.2) is 9.78 Å². The van der Waals surface area contributed by atoms with Crippen LogP contribution in [0.25, 0.3) is 0 Å². The van der Waals surface area contributed by atoms with Crippen molar-refractivity contribution in [3.05, 3.63) is 29.0 Å². The Morgan fingerprint density at radius 1 is 1.45 bits per heavy atom. The third-order valence-corrected chi connectivity index (χ3v) is 3.63. The smallest absolute Gasteiger partial charge is 0.342 e. The maximum Gasteiger partial charge on any atom is 0.342 e. The lowest BCUT2D eigenvalue weighted by Crippen LogP contribution is -2.40. The zero-order chi connectivity index (χ0) is 14.5. The van der Waals surface area contributed by atoms with Crippen LogP contribution in [0.3, 0.4) is 0 Å². The number of hydrogen-bond donors (Lipinski definition) is 1. The number of ether oxygens (including phenoxy) is 1. The maximum atomic E-state index is 11.9. The lowest BCUT2D eigenvalue weighted by molar-refractivity contribution is -0.129. The first-order valence-corrected chi connectivity index (χ1v) is 7.07. The predicted molar refractivity (Wildman–Crippen MR) is 74.5 cm³/mol. The van der Waals surface area contributed by atoms with E-state index in [9.17, 15) is 9.59 Å². The summed E-state index contributed by atoms with van der Waals surface area (Å²) in [6, 6.07) is 3.30. The predicted octanol–water partition coefficient (Wildman–Crippen LogP) is 2.34. The Labute approximate surface area is 122 Å². The number of nitrogens with zero attached hydrogens (tertiary/aromatic N) is 1. The van der Waals surface area contributed by atoms with Gasteiger partial charge < -0.3 is 10.1 Å². The SMILES string of the molecule is C[C@H](OC(=O)c1cccnc1Cl)C(=O)NC1CCCC1. The second-order valence-corrected chi connectivity index (χ2v) is 5.24. The molecule has 1 amide bonds. The van der Waals surface area contributed by atoms with Crippen molar-refractivity contribution in [2.75, 3.05) is 0 Å². The van der Waals surface area contributed by atoms with Gasteiger partial charge in [0.15, 0.2) is 6.10 Å². The molecule has 1 aromatic rings. The van der Waals surface area contributed by atoms with Crippen LogP contribution in [-0.4, -0.2) is 29.0 Å². The average molecular weight is 297 g/mol. The molecule has 2 rings (SSSR count). The van der Waals surface area contributed by atoms with Gasteiger partial charge in [-0.15, -0.1) is 0 Å². The molecule has 1 fully saturated rings. The molecule has 1 aromatic heterocycles. The monoisotopic (exact) mass is 296 g/mol. The van der Waals surface area contributed by atoms with Gasteiger partial charge in [-0.3, -0.25) is 4.79 Å². The number of rotatable bonds is 4. The molecule has 0 saturated heterocycles. The summed E-state index contributed by atoms with van der Waals surface area (Å²) in [5.74, 6) is -0.914. The molecule has 1 aliphatic carbocycles. The first kappa shape index (κ1) is 14.8. The number of carbonyl (C=O) groups excluding carboxylic acids is 2. The second kappa shape index (κ2) is 6.70. The van der Waals surface area contributed by atoms with Gasteiger partial charge in [-0.05, 0) is 31.9 Å². The summed E-state index contributed by atoms with van der Waals surface area (Å²) in [7, 11) is 0. The molecule has 1 atom stereocenters. The summed E-state index contributed by atoms with van der Waals surface area (Å²) in [5, 5.41) is 2.96. The Morgan fingerprint density at radius 2 is 2.15 bits per heavy atom. The van der Waals surface area contributed by atoms with Crippen LogP contribution in [0.2, 0.25) is 5.15 Å². The second-order valence-electron chi connectivity index (χ2n) is 4.88. The highest BCUT2D eigenvalue weighted by molar-refractivity contribution is 6.32. The van der Waals surface area contributed by atoms with E-state index in [1.54, 1.807) is 13.0 Å². The molecule has 1 heterocycles. The number of nitrogens with one attached hydrogen (secondary N) is 1. The maximum absolute atomic E-state index is 11.9. The van der Waals surface area contributed by atoms with Crippen molar-refractivity contribution in [3.8, 4) is 0 Å². The van der Waals surface area contributed by atoms with Crippen molar-refractivity contribution in [2.24, 2.45) is 0 Å². The molecule has 1 N–H and O–H groups in total. The van der Waals surface area contributed by atoms with Crippen molar-refractivity contribution >= 4 is 23.5 Å². The van der Waals surface area contributed by atoms with Gasteiger partial charge >= 0.3 is 5.97 Å². The van der Waals surface area contributed by atoms with Crippen LogP contribution < -0.4 is 5.32 Å². The normalized spacial score (nSPS) is 16.7. The molecule has 0 bridgehead atoms. The summed E-state index contributed by atoms with van der Waals surface area (Å²) < 4.78 is 5.11. The number of hydrogen-bond acceptors (Lipinski definition) is 4. The highest BCUT2D eigenvalue weighted by Gasteiger charge is 2.24. The van der Waals surface area contributed by atoms with Crippen LogP contribution in [-0.2, 0) is 9.53 Å². The summed E-state index contributed by atoms with van der Waals surface area (Å²) in [6.45, 7) is 1.55. The Bertz CT molecular complexity index is 501. The largest absolute Gasteiger partial charge is 0.449 e. The molecule has 5 nitrogen and oxygen atoms in total. The molecule has 20 heavy (non-hydrogen) atoms. The minimum atomic E-state index is -0.848. The third kappa shape index (κ3) is 3.70. The Morgan fingerprint density at radius 3 is 2.80 bits per heavy atom. The molecule has 0 radical (unpaired) electrons. The fraction of sp³-hybridized carbons (Fsp3) is 0.500. The average Bonchev–Trinajstić information content (AvgIpc) is 2.91. The Balaban J connectivity index is 1.90. The van der Waals surface area contributed by atoms with Crippen molar-refractivity contribution < 1.29 is 14.3 Å². The highest BCUT2D eigenvalue weighted by atomic mass is 35.5. The molecule has 1 saturated carbocycles. The fourth-order valence-electron chi connectivity index (χ4n) is 2.20. The van der Waals surface area contributed by atoms with Gasteiger partial charge in [0.25, 0.3) is 5.91 Å². The van der Waals surface area contributed by atoms with Gasteiger partial charge in [0, 0.05) is 12.2 Å². The van der Waals surface area contributed by atoms with Gasteiger partial charge in [0.2, 0.25) is 0 Å². The highest BCUT2D eigenvalue weighted by Crippen LogP contribution is 2.18. The molecular weight excluding hydrogens is 280 g/mol. The minimum absolute atomic E-state index is 0.0703. The molecular formula is C14H17ClN2O3. The van der Waals surface area contributed by atoms with Gasteiger partial charge in [-0.1, -0.05) is 24.4 Å². The quantitative estimate of drug-likeness (QED) is 0.684. The van der Waals surface area contributed by atoms with E-state index < -0.39 is 12.1 Å². The van der Waals surface area contributed by atoms with E-state index in [1.165, 1.54) is 12.3 Å². The Hall–Kier alpha value is -1.62. The Kier molecular flexibility index (Phi) is 4.95. The number of carbonyl (C=O) groups is 2. The molecule has 0 aromatic carbocycles. The first-order chi connectivity index (χ1) is 9.58. The standard InChI is InChI=1S/C14H17ClN2O3/c1-9(13(18)17-10-5-2-3-6-10)20-14(19)11-7-4-8-16-12(11)15/h4,7-10H,2-3,5-6H2,1H3,(H,17,18)/t9-/m0/s1. The number of halogens is 1. The zero-order valence-corrected chi connectivity index (χ0v) is 12.0. The van der Waals surface area contributed by atoms with Crippen molar-refractivity contribution in [3.63, 3.8) is 0 Å². The number of aromatic nitrogens is 1. The number of pyridine rings is 1. The van der Waals surface area contributed by atoms with Gasteiger partial charge in [0.1, 0.15) is 5.15 Å². The molecule has 6 heteroatoms. The zero-order valence-electron chi connectivity index (χ0n) is 11.3. The number of esters is 1. The lowest BCUT2D eigenvalue weighted by Gasteiger charge is -2.17. The molecule has 1 aliphatic rings. The van der Waals surface area contributed by atoms with E-state index in [1.807, 2.05) is 0 Å². The van der Waals surface area contributed by atoms with E-state index in [0.717, 1.165) is 25.7 Å². The van der Waals surface area contributed by atoms with Crippen molar-refractivity contribution in [1.82, 2.24) is 10.3 Å². The topological polar surface area (TPSA) is 68.3 Å². The summed E-state index contributed by atoms with van der Waals surface area (Å²) in [6.07, 6.45) is 4.87. The van der Waals surface area contributed by atoms with E-state index in [4.69, 9.17) is 16.3 Å². The van der Waals surface area contributed by atoms with Crippen LogP contribution in [0, 0.1) is 0 Å². The van der Waals surface area contributed by atoms with Crippen molar-refractivity contribution in [1.29, 1.82) is 0 Å². The molecule has 0 aliphatic heterocycles. The van der Waals surface area contributed by atoms with Crippen LogP contribution in [0.5, 0.6) is 0 Å². The van der Waals surface area contributed by atoms with E-state index >= 15 is 0 Å². The van der Waals surface area contributed by atoms with Crippen LogP contribution in [0.1, 0.15) is 43.0 Å². The summed E-state index contributed by atoms with van der Waals surface area (Å²) in [5.41, 5.74) is 0.162. The molecule has 0 unspecified atom stereocenters. The lowest BCUT2D eigenvalue weighted by atomic mass is 10.2. The van der Waals surface area contributed by atoms with Crippen LogP contribution >= 0.6 is 11.6 Å². The van der Waals surface area contributed by atoms with Gasteiger partial charge in [-0.2, -0.15) is 0 Å². The van der Waals surface area contributed by atoms with Crippen molar-refractivity contribution in [2.45, 2.75) is 44.8 Å². The minimum Gasteiger partial charge on any atom is -0.449 e. The van der Waals surface area contributed by atoms with E-state index in [-0.39, 0.29) is 22.7 Å². The summed E-state index contributed by atoms with van der Waals surface area (Å²) in [4.78, 5) is 27.6. The molecule has 108 valence electrons. The number of amides is 1. The van der Waals surface area contributed by atoms with E-state index in [2.05, 4.69) is 10.3 Å². The van der Waals surface area contributed by atoms with Crippen LogP contribution in [0.4, 0.5) is 0 Å². The summed E-state index contributed by atoms with van der Waals surface area (Å²) >= 11 is 5.81. The molecule has 0 spiro atoms. The fourth-order valence-corrected chi connectivity index (χ4v) is 2.40. The van der Waals surface area contributed by atoms with Crippen LogP contribution in [0.15, 0.2) is 18.3 Å².